The number of nitrogens with one attached hydrogen (secondary N) is 1. The van der Waals surface area contributed by atoms with Crippen molar-refractivity contribution in [3.8, 4) is 11.3 Å². The Morgan fingerprint density at radius 1 is 1.03 bits per heavy atom. The molecule has 2 aromatic carbocycles. The Bertz CT molecular complexity index is 1040. The molecule has 0 atom stereocenters. The smallest absolute Gasteiger partial charge is 0.225 e. The molecule has 1 aliphatic rings. The molecule has 6 heteroatoms. The summed E-state index contributed by atoms with van der Waals surface area (Å²) < 4.78 is 0. The maximum Gasteiger partial charge on any atom is 0.225 e. The molecule has 162 valence electrons. The van der Waals surface area contributed by atoms with Gasteiger partial charge in [0.05, 0.1) is 17.1 Å². The zero-order valence-corrected chi connectivity index (χ0v) is 19.3. The Balaban J connectivity index is 1.43. The van der Waals surface area contributed by atoms with Crippen molar-refractivity contribution < 1.29 is 4.79 Å². The number of rotatable bonds is 6. The van der Waals surface area contributed by atoms with E-state index in [2.05, 4.69) is 71.6 Å². The van der Waals surface area contributed by atoms with E-state index >= 15 is 0 Å². The molecule has 1 saturated heterocycles. The Kier molecular flexibility index (Phi) is 6.68. The van der Waals surface area contributed by atoms with Gasteiger partial charge in [0, 0.05) is 48.9 Å². The first-order chi connectivity index (χ1) is 15.0. The normalized spacial score (nSPS) is 14.6. The highest BCUT2D eigenvalue weighted by Gasteiger charge is 2.18. The van der Waals surface area contributed by atoms with Crippen molar-refractivity contribution in [3.05, 3.63) is 69.5 Å². The third-order valence-electron chi connectivity index (χ3n) is 5.76. The van der Waals surface area contributed by atoms with E-state index in [-0.39, 0.29) is 5.91 Å². The van der Waals surface area contributed by atoms with E-state index in [1.54, 1.807) is 11.3 Å². The van der Waals surface area contributed by atoms with Gasteiger partial charge in [-0.05, 0) is 32.5 Å². The van der Waals surface area contributed by atoms with Crippen LogP contribution in [0.1, 0.15) is 21.0 Å². The number of hydrogen-bond donors (Lipinski definition) is 1. The third kappa shape index (κ3) is 5.32. The van der Waals surface area contributed by atoms with E-state index < -0.39 is 0 Å². The number of benzene rings is 2. The molecule has 5 nitrogen and oxygen atoms in total. The first kappa shape index (κ1) is 21.5. The number of hydrogen-bond acceptors (Lipinski definition) is 5. The van der Waals surface area contributed by atoms with Crippen LogP contribution < -0.4 is 10.2 Å². The second-order valence-corrected chi connectivity index (χ2v) is 9.53. The lowest BCUT2D eigenvalue weighted by atomic mass is 10.1. The largest absolute Gasteiger partial charge is 0.369 e. The first-order valence-corrected chi connectivity index (χ1v) is 11.6. The van der Waals surface area contributed by atoms with Crippen LogP contribution in [0.3, 0.4) is 0 Å². The predicted molar refractivity (Wildman–Crippen MR) is 129 cm³/mol. The number of nitrogens with zero attached hydrogens (tertiary/aromatic N) is 3. The predicted octanol–water partition coefficient (Wildman–Crippen LogP) is 4.04. The Morgan fingerprint density at radius 2 is 1.74 bits per heavy atom. The second kappa shape index (κ2) is 9.62. The van der Waals surface area contributed by atoms with Crippen molar-refractivity contribution in [2.45, 2.75) is 26.8 Å². The van der Waals surface area contributed by atoms with Crippen LogP contribution in [0, 0.1) is 13.8 Å². The van der Waals surface area contributed by atoms with Crippen molar-refractivity contribution in [3.63, 3.8) is 0 Å². The van der Waals surface area contributed by atoms with Gasteiger partial charge in [-0.25, -0.2) is 4.98 Å². The molecule has 0 bridgehead atoms. The quantitative estimate of drug-likeness (QED) is 0.636. The standard InChI is InChI=1S/C25H30N4OS/c1-18-8-10-20(11-9-18)25-23(31-19(2)27-25)16-24(30)26-17-21-6-4-5-7-22(21)29-14-12-28(3)13-15-29/h4-11H,12-17H2,1-3H3,(H,26,30). The van der Waals surface area contributed by atoms with Crippen LogP contribution >= 0.6 is 11.3 Å². The molecule has 1 fully saturated rings. The lowest BCUT2D eigenvalue weighted by Crippen LogP contribution is -2.45. The summed E-state index contributed by atoms with van der Waals surface area (Å²) >= 11 is 1.60. The average Bonchev–Trinajstić information content (AvgIpc) is 3.13. The molecule has 1 aromatic heterocycles. The van der Waals surface area contributed by atoms with Crippen LogP contribution in [-0.4, -0.2) is 49.0 Å². The number of piperazine rings is 1. The number of para-hydroxylation sites is 1. The molecule has 4 rings (SSSR count). The van der Waals surface area contributed by atoms with Gasteiger partial charge in [-0.15, -0.1) is 11.3 Å². The Hall–Kier alpha value is -2.70. The fourth-order valence-corrected chi connectivity index (χ4v) is 4.90. The fraction of sp³-hybridized carbons (Fsp3) is 0.360. The molecule has 1 amide bonds. The van der Waals surface area contributed by atoms with Gasteiger partial charge in [-0.3, -0.25) is 4.79 Å². The van der Waals surface area contributed by atoms with E-state index in [1.165, 1.54) is 16.8 Å². The average molecular weight is 435 g/mol. The maximum atomic E-state index is 12.8. The highest BCUT2D eigenvalue weighted by molar-refractivity contribution is 7.12. The number of amides is 1. The molecule has 0 aliphatic carbocycles. The Labute approximate surface area is 188 Å². The number of carbonyl (C=O) groups is 1. The van der Waals surface area contributed by atoms with E-state index in [0.717, 1.165) is 47.3 Å². The number of thiazole rings is 1. The van der Waals surface area contributed by atoms with Gasteiger partial charge in [0.25, 0.3) is 0 Å². The van der Waals surface area contributed by atoms with Crippen LogP contribution in [-0.2, 0) is 17.8 Å². The van der Waals surface area contributed by atoms with Crippen molar-refractivity contribution in [1.82, 2.24) is 15.2 Å². The summed E-state index contributed by atoms with van der Waals surface area (Å²) in [7, 11) is 2.16. The molecule has 1 aliphatic heterocycles. The minimum atomic E-state index is 0.0326. The molecular formula is C25H30N4OS. The molecule has 3 aromatic rings. The first-order valence-electron chi connectivity index (χ1n) is 10.8. The summed E-state index contributed by atoms with van der Waals surface area (Å²) in [5.74, 6) is 0.0326. The van der Waals surface area contributed by atoms with Crippen LogP contribution in [0.2, 0.25) is 0 Å². The fourth-order valence-electron chi connectivity index (χ4n) is 3.94. The molecule has 1 N–H and O–H groups in total. The number of aryl methyl sites for hydroxylation is 2. The molecule has 2 heterocycles. The summed E-state index contributed by atoms with van der Waals surface area (Å²) in [4.78, 5) is 23.3. The monoisotopic (exact) mass is 434 g/mol. The van der Waals surface area contributed by atoms with Gasteiger partial charge < -0.3 is 15.1 Å². The number of carbonyl (C=O) groups excluding carboxylic acids is 1. The maximum absolute atomic E-state index is 12.8. The van der Waals surface area contributed by atoms with E-state index in [4.69, 9.17) is 4.98 Å². The number of anilines is 1. The van der Waals surface area contributed by atoms with Gasteiger partial charge in [-0.1, -0.05) is 48.0 Å². The SMILES string of the molecule is Cc1ccc(-c2nc(C)sc2CC(=O)NCc2ccccc2N2CCN(C)CC2)cc1. The van der Waals surface area contributed by atoms with Crippen molar-refractivity contribution in [1.29, 1.82) is 0 Å². The molecule has 0 saturated carbocycles. The zero-order valence-electron chi connectivity index (χ0n) is 18.5. The van der Waals surface area contributed by atoms with Gasteiger partial charge >= 0.3 is 0 Å². The Morgan fingerprint density at radius 3 is 2.48 bits per heavy atom. The summed E-state index contributed by atoms with van der Waals surface area (Å²) in [5.41, 5.74) is 5.60. The van der Waals surface area contributed by atoms with Crippen LogP contribution in [0.15, 0.2) is 48.5 Å². The van der Waals surface area contributed by atoms with Crippen molar-refractivity contribution in [2.24, 2.45) is 0 Å². The van der Waals surface area contributed by atoms with Crippen LogP contribution in [0.5, 0.6) is 0 Å². The third-order valence-corrected chi connectivity index (χ3v) is 6.73. The minimum Gasteiger partial charge on any atom is -0.369 e. The molecular weight excluding hydrogens is 404 g/mol. The van der Waals surface area contributed by atoms with Crippen molar-refractivity contribution >= 4 is 22.9 Å². The minimum absolute atomic E-state index is 0.0326. The van der Waals surface area contributed by atoms with Gasteiger partial charge in [0.15, 0.2) is 0 Å². The summed E-state index contributed by atoms with van der Waals surface area (Å²) in [6, 6.07) is 16.7. The summed E-state index contributed by atoms with van der Waals surface area (Å²) in [5, 5.41) is 4.12. The van der Waals surface area contributed by atoms with Gasteiger partial charge in [0.1, 0.15) is 0 Å². The molecule has 0 unspecified atom stereocenters. The van der Waals surface area contributed by atoms with E-state index in [1.807, 2.05) is 13.0 Å². The highest BCUT2D eigenvalue weighted by Crippen LogP contribution is 2.29. The molecule has 0 radical (unpaired) electrons. The van der Waals surface area contributed by atoms with Gasteiger partial charge in [-0.2, -0.15) is 0 Å². The lowest BCUT2D eigenvalue weighted by molar-refractivity contribution is -0.120. The topological polar surface area (TPSA) is 48.5 Å². The lowest BCUT2D eigenvalue weighted by Gasteiger charge is -2.35. The second-order valence-electron chi connectivity index (χ2n) is 8.24. The zero-order chi connectivity index (χ0) is 21.8. The molecule has 31 heavy (non-hydrogen) atoms. The van der Waals surface area contributed by atoms with E-state index in [0.29, 0.717) is 13.0 Å². The van der Waals surface area contributed by atoms with Gasteiger partial charge in [0.2, 0.25) is 5.91 Å². The van der Waals surface area contributed by atoms with Crippen LogP contribution in [0.25, 0.3) is 11.3 Å². The van der Waals surface area contributed by atoms with Crippen LogP contribution in [0.4, 0.5) is 5.69 Å². The number of aromatic nitrogens is 1. The molecule has 0 spiro atoms. The highest BCUT2D eigenvalue weighted by atomic mass is 32.1. The summed E-state index contributed by atoms with van der Waals surface area (Å²) in [6.07, 6.45) is 0.353. The van der Waals surface area contributed by atoms with E-state index in [9.17, 15) is 4.79 Å². The number of likely N-dealkylation sites (N-methyl/N-ethyl adjacent to an activating group) is 1. The van der Waals surface area contributed by atoms with Crippen molar-refractivity contribution in [2.75, 3.05) is 38.1 Å². The summed E-state index contributed by atoms with van der Waals surface area (Å²) in [6.45, 7) is 8.77.